The first kappa shape index (κ1) is 13.9. The van der Waals surface area contributed by atoms with E-state index >= 15 is 0 Å². The van der Waals surface area contributed by atoms with Gasteiger partial charge in [0.05, 0.1) is 0 Å². The van der Waals surface area contributed by atoms with Crippen LogP contribution in [0.2, 0.25) is 0 Å². The van der Waals surface area contributed by atoms with Crippen molar-refractivity contribution in [2.45, 2.75) is 33.1 Å². The molecule has 86 valence electrons. The number of nitrogens with one attached hydrogen (secondary N) is 1. The second-order valence-corrected chi connectivity index (χ2v) is 3.07. The van der Waals surface area contributed by atoms with Gasteiger partial charge in [-0.3, -0.25) is 0 Å². The van der Waals surface area contributed by atoms with Crippen LogP contribution in [0.25, 0.3) is 0 Å². The summed E-state index contributed by atoms with van der Waals surface area (Å²) < 4.78 is 0. The predicted molar refractivity (Wildman–Crippen MR) is 66.7 cm³/mol. The third-order valence-corrected chi connectivity index (χ3v) is 1.89. The summed E-state index contributed by atoms with van der Waals surface area (Å²) in [6.45, 7) is 6.50. The standard InChI is InChI=1S/C5H6N2.C5H11N.C2H6/c6-5-3-1-2-4-7-5;1-2-4-6-5-3-1;1-2/h1-4H,(H2,6,7);6H,1-5H2;1-2H3. The molecular formula is C12H23N3. The summed E-state index contributed by atoms with van der Waals surface area (Å²) in [7, 11) is 0. The van der Waals surface area contributed by atoms with Gasteiger partial charge >= 0.3 is 0 Å². The predicted octanol–water partition coefficient (Wildman–Crippen LogP) is 2.45. The highest BCUT2D eigenvalue weighted by atomic mass is 14.9. The number of piperidine rings is 1. The summed E-state index contributed by atoms with van der Waals surface area (Å²) in [5.74, 6) is 0.572. The van der Waals surface area contributed by atoms with Gasteiger partial charge in [0.15, 0.2) is 0 Å². The second kappa shape index (κ2) is 11.0. The summed E-state index contributed by atoms with van der Waals surface area (Å²) in [5, 5.41) is 3.28. The van der Waals surface area contributed by atoms with Gasteiger partial charge in [-0.1, -0.05) is 26.3 Å². The first-order chi connectivity index (χ1) is 7.39. The van der Waals surface area contributed by atoms with Gasteiger partial charge in [0, 0.05) is 6.20 Å². The zero-order valence-electron chi connectivity index (χ0n) is 9.87. The van der Waals surface area contributed by atoms with E-state index in [-0.39, 0.29) is 0 Å². The molecule has 0 spiro atoms. The monoisotopic (exact) mass is 209 g/mol. The molecule has 1 aromatic rings. The van der Waals surface area contributed by atoms with E-state index in [0.717, 1.165) is 0 Å². The molecule has 2 heterocycles. The quantitative estimate of drug-likeness (QED) is 0.690. The molecule has 0 atom stereocenters. The van der Waals surface area contributed by atoms with Crippen molar-refractivity contribution in [1.29, 1.82) is 0 Å². The Morgan fingerprint density at radius 2 is 1.80 bits per heavy atom. The molecule has 0 saturated carbocycles. The summed E-state index contributed by atoms with van der Waals surface area (Å²) in [5.41, 5.74) is 5.25. The van der Waals surface area contributed by atoms with Crippen molar-refractivity contribution in [3.63, 3.8) is 0 Å². The Labute approximate surface area is 93.1 Å². The van der Waals surface area contributed by atoms with Crippen LogP contribution in [0.15, 0.2) is 24.4 Å². The highest BCUT2D eigenvalue weighted by Crippen LogP contribution is 1.96. The maximum Gasteiger partial charge on any atom is 0.123 e. The molecule has 0 unspecified atom stereocenters. The number of nitrogens with two attached hydrogens (primary N) is 1. The maximum atomic E-state index is 5.25. The summed E-state index contributed by atoms with van der Waals surface area (Å²) in [6.07, 6.45) is 5.88. The number of hydrogen-bond donors (Lipinski definition) is 2. The molecule has 0 radical (unpaired) electrons. The zero-order chi connectivity index (χ0) is 11.4. The molecule has 3 nitrogen and oxygen atoms in total. The highest BCUT2D eigenvalue weighted by molar-refractivity contribution is 5.25. The minimum atomic E-state index is 0.572. The van der Waals surface area contributed by atoms with Crippen LogP contribution in [0, 0.1) is 0 Å². The Kier molecular flexibility index (Phi) is 10.2. The van der Waals surface area contributed by atoms with Gasteiger partial charge in [-0.25, -0.2) is 4.98 Å². The molecule has 3 N–H and O–H groups in total. The van der Waals surface area contributed by atoms with E-state index < -0.39 is 0 Å². The fourth-order valence-corrected chi connectivity index (χ4v) is 1.18. The third-order valence-electron chi connectivity index (χ3n) is 1.89. The van der Waals surface area contributed by atoms with E-state index in [0.29, 0.717) is 5.82 Å². The van der Waals surface area contributed by atoms with Crippen LogP contribution < -0.4 is 11.1 Å². The van der Waals surface area contributed by atoms with Gasteiger partial charge in [0.25, 0.3) is 0 Å². The number of rotatable bonds is 0. The van der Waals surface area contributed by atoms with Crippen molar-refractivity contribution in [1.82, 2.24) is 10.3 Å². The number of aromatic nitrogens is 1. The van der Waals surface area contributed by atoms with Crippen LogP contribution in [-0.2, 0) is 0 Å². The molecule has 1 aliphatic heterocycles. The molecule has 15 heavy (non-hydrogen) atoms. The van der Waals surface area contributed by atoms with Crippen molar-refractivity contribution in [3.05, 3.63) is 24.4 Å². The van der Waals surface area contributed by atoms with Crippen molar-refractivity contribution < 1.29 is 0 Å². The number of nitrogens with zero attached hydrogens (tertiary/aromatic N) is 1. The van der Waals surface area contributed by atoms with E-state index in [1.165, 1.54) is 32.4 Å². The van der Waals surface area contributed by atoms with Gasteiger partial charge < -0.3 is 11.1 Å². The smallest absolute Gasteiger partial charge is 0.123 e. The fourth-order valence-electron chi connectivity index (χ4n) is 1.18. The summed E-state index contributed by atoms with van der Waals surface area (Å²) in [4.78, 5) is 3.76. The molecule has 2 rings (SSSR count). The number of nitrogen functional groups attached to an aromatic ring is 1. The lowest BCUT2D eigenvalue weighted by Crippen LogP contribution is -2.21. The molecular weight excluding hydrogens is 186 g/mol. The Morgan fingerprint density at radius 3 is 2.00 bits per heavy atom. The van der Waals surface area contributed by atoms with Gasteiger partial charge in [-0.2, -0.15) is 0 Å². The van der Waals surface area contributed by atoms with Crippen molar-refractivity contribution in [3.8, 4) is 0 Å². The van der Waals surface area contributed by atoms with Crippen LogP contribution in [0.4, 0.5) is 5.82 Å². The number of anilines is 1. The molecule has 1 fully saturated rings. The summed E-state index contributed by atoms with van der Waals surface area (Å²) >= 11 is 0. The van der Waals surface area contributed by atoms with E-state index in [1.807, 2.05) is 26.0 Å². The normalized spacial score (nSPS) is 14.0. The molecule has 0 bridgehead atoms. The Hall–Kier alpha value is -1.09. The SMILES string of the molecule is C1CCNCC1.CC.Nc1ccccn1. The van der Waals surface area contributed by atoms with E-state index in [4.69, 9.17) is 5.73 Å². The second-order valence-electron chi connectivity index (χ2n) is 3.07. The maximum absolute atomic E-state index is 5.25. The van der Waals surface area contributed by atoms with Crippen LogP contribution in [0.5, 0.6) is 0 Å². The molecule has 0 aliphatic carbocycles. The highest BCUT2D eigenvalue weighted by Gasteiger charge is 1.93. The van der Waals surface area contributed by atoms with Crippen molar-refractivity contribution in [2.24, 2.45) is 0 Å². The largest absolute Gasteiger partial charge is 0.384 e. The van der Waals surface area contributed by atoms with Gasteiger partial charge in [0.2, 0.25) is 0 Å². The first-order valence-electron chi connectivity index (χ1n) is 5.77. The average Bonchev–Trinajstić information content (AvgIpc) is 2.36. The third kappa shape index (κ3) is 9.22. The van der Waals surface area contributed by atoms with Crippen LogP contribution in [0.1, 0.15) is 33.1 Å². The molecule has 0 amide bonds. The zero-order valence-corrected chi connectivity index (χ0v) is 9.87. The minimum absolute atomic E-state index is 0.572. The Morgan fingerprint density at radius 1 is 1.13 bits per heavy atom. The van der Waals surface area contributed by atoms with Gasteiger partial charge in [-0.15, -0.1) is 0 Å². The lowest BCUT2D eigenvalue weighted by Gasteiger charge is -2.08. The Bertz CT molecular complexity index is 196. The van der Waals surface area contributed by atoms with Crippen LogP contribution in [-0.4, -0.2) is 18.1 Å². The van der Waals surface area contributed by atoms with E-state index in [1.54, 1.807) is 12.3 Å². The number of pyridine rings is 1. The van der Waals surface area contributed by atoms with Crippen molar-refractivity contribution in [2.75, 3.05) is 18.8 Å². The topological polar surface area (TPSA) is 50.9 Å². The molecule has 1 aromatic heterocycles. The van der Waals surface area contributed by atoms with E-state index in [2.05, 4.69) is 10.3 Å². The fraction of sp³-hybridized carbons (Fsp3) is 0.583. The molecule has 1 saturated heterocycles. The van der Waals surface area contributed by atoms with Gasteiger partial charge in [-0.05, 0) is 38.1 Å². The average molecular weight is 209 g/mol. The van der Waals surface area contributed by atoms with Gasteiger partial charge in [0.1, 0.15) is 5.82 Å². The Balaban J connectivity index is 0.000000227. The minimum Gasteiger partial charge on any atom is -0.384 e. The van der Waals surface area contributed by atoms with Crippen molar-refractivity contribution >= 4 is 5.82 Å². The van der Waals surface area contributed by atoms with E-state index in [9.17, 15) is 0 Å². The first-order valence-corrected chi connectivity index (χ1v) is 5.77. The van der Waals surface area contributed by atoms with Crippen LogP contribution >= 0.6 is 0 Å². The summed E-state index contributed by atoms with van der Waals surface area (Å²) in [6, 6.07) is 5.43. The molecule has 3 heteroatoms. The lowest BCUT2D eigenvalue weighted by atomic mass is 10.2. The lowest BCUT2D eigenvalue weighted by molar-refractivity contribution is 0.520. The molecule has 1 aliphatic rings. The number of hydrogen-bond acceptors (Lipinski definition) is 3. The molecule has 0 aromatic carbocycles. The van der Waals surface area contributed by atoms with Crippen LogP contribution in [0.3, 0.4) is 0 Å².